The van der Waals surface area contributed by atoms with E-state index in [0.29, 0.717) is 6.42 Å². The van der Waals surface area contributed by atoms with Crippen molar-refractivity contribution in [2.24, 2.45) is 5.92 Å². The SMILES string of the molecule is O=C(NCC#Cc1ccccc1)C1CCS(=O)(=O)C1. The van der Waals surface area contributed by atoms with E-state index in [1.54, 1.807) is 0 Å². The maximum atomic E-state index is 11.7. The molecule has 100 valence electrons. The number of amides is 1. The molecular formula is C14H15NO3S. The minimum absolute atomic E-state index is 0.0368. The van der Waals surface area contributed by atoms with Gasteiger partial charge in [0.1, 0.15) is 0 Å². The Kier molecular flexibility index (Phi) is 4.23. The second kappa shape index (κ2) is 5.89. The zero-order chi connectivity index (χ0) is 13.7. The van der Waals surface area contributed by atoms with Crippen LogP contribution in [0.1, 0.15) is 12.0 Å². The van der Waals surface area contributed by atoms with Gasteiger partial charge in [0, 0.05) is 5.56 Å². The quantitative estimate of drug-likeness (QED) is 0.805. The minimum Gasteiger partial charge on any atom is -0.345 e. The van der Waals surface area contributed by atoms with Crippen LogP contribution in [0.5, 0.6) is 0 Å². The fraction of sp³-hybridized carbons (Fsp3) is 0.357. The average Bonchev–Trinajstić information content (AvgIpc) is 2.76. The molecule has 1 aromatic rings. The molecule has 1 amide bonds. The number of rotatable bonds is 2. The summed E-state index contributed by atoms with van der Waals surface area (Å²) in [4.78, 5) is 11.7. The van der Waals surface area contributed by atoms with Crippen LogP contribution in [0.2, 0.25) is 0 Å². The zero-order valence-electron chi connectivity index (χ0n) is 10.4. The van der Waals surface area contributed by atoms with Gasteiger partial charge in [0.25, 0.3) is 0 Å². The number of carbonyl (C=O) groups is 1. The smallest absolute Gasteiger partial charge is 0.224 e. The Hall–Kier alpha value is -1.80. The van der Waals surface area contributed by atoms with E-state index in [0.717, 1.165) is 5.56 Å². The normalized spacial score (nSPS) is 20.3. The first kappa shape index (κ1) is 13.6. The van der Waals surface area contributed by atoms with Gasteiger partial charge in [-0.25, -0.2) is 8.42 Å². The summed E-state index contributed by atoms with van der Waals surface area (Å²) < 4.78 is 22.5. The summed E-state index contributed by atoms with van der Waals surface area (Å²) in [6.45, 7) is 0.240. The summed E-state index contributed by atoms with van der Waals surface area (Å²) in [5.74, 6) is 5.21. The first-order chi connectivity index (χ1) is 9.07. The molecule has 2 rings (SSSR count). The molecule has 0 bridgehead atoms. The summed E-state index contributed by atoms with van der Waals surface area (Å²) in [7, 11) is -3.01. The van der Waals surface area contributed by atoms with Crippen molar-refractivity contribution in [3.8, 4) is 11.8 Å². The Morgan fingerprint density at radius 3 is 2.68 bits per heavy atom. The molecule has 19 heavy (non-hydrogen) atoms. The third kappa shape index (κ3) is 4.11. The molecule has 1 fully saturated rings. The minimum atomic E-state index is -3.01. The van der Waals surface area contributed by atoms with Gasteiger partial charge in [-0.3, -0.25) is 4.79 Å². The van der Waals surface area contributed by atoms with Crippen molar-refractivity contribution in [1.82, 2.24) is 5.32 Å². The number of hydrogen-bond donors (Lipinski definition) is 1. The summed E-state index contributed by atoms with van der Waals surface area (Å²) in [6, 6.07) is 9.47. The van der Waals surface area contributed by atoms with Crippen LogP contribution in [-0.4, -0.2) is 32.4 Å². The van der Waals surface area contributed by atoms with Crippen LogP contribution in [0.25, 0.3) is 0 Å². The number of benzene rings is 1. The standard InChI is InChI=1S/C14H15NO3S/c16-14(13-8-10-19(17,18)11-13)15-9-4-7-12-5-2-1-3-6-12/h1-3,5-6,13H,8-11H2,(H,15,16). The molecule has 4 nitrogen and oxygen atoms in total. The van der Waals surface area contributed by atoms with Crippen LogP contribution in [0.15, 0.2) is 30.3 Å². The van der Waals surface area contributed by atoms with Crippen molar-refractivity contribution in [2.75, 3.05) is 18.1 Å². The van der Waals surface area contributed by atoms with E-state index in [9.17, 15) is 13.2 Å². The first-order valence-corrected chi connectivity index (χ1v) is 7.91. The highest BCUT2D eigenvalue weighted by Gasteiger charge is 2.32. The molecule has 1 aliphatic heterocycles. The van der Waals surface area contributed by atoms with E-state index < -0.39 is 15.8 Å². The van der Waals surface area contributed by atoms with Crippen molar-refractivity contribution in [2.45, 2.75) is 6.42 Å². The lowest BCUT2D eigenvalue weighted by molar-refractivity contribution is -0.123. The van der Waals surface area contributed by atoms with Crippen molar-refractivity contribution >= 4 is 15.7 Å². The molecular weight excluding hydrogens is 262 g/mol. The lowest BCUT2D eigenvalue weighted by Gasteiger charge is -2.05. The molecule has 0 saturated carbocycles. The van der Waals surface area contributed by atoms with Crippen LogP contribution < -0.4 is 5.32 Å². The Labute approximate surface area is 113 Å². The predicted molar refractivity (Wildman–Crippen MR) is 73.1 cm³/mol. The highest BCUT2D eigenvalue weighted by molar-refractivity contribution is 7.91. The Bertz CT molecular complexity index is 611. The maximum Gasteiger partial charge on any atom is 0.224 e. The van der Waals surface area contributed by atoms with Gasteiger partial charge in [0.2, 0.25) is 5.91 Å². The largest absolute Gasteiger partial charge is 0.345 e. The molecule has 1 atom stereocenters. The van der Waals surface area contributed by atoms with Gasteiger partial charge in [0.15, 0.2) is 9.84 Å². The number of hydrogen-bond acceptors (Lipinski definition) is 3. The molecule has 0 radical (unpaired) electrons. The fourth-order valence-electron chi connectivity index (χ4n) is 1.95. The Morgan fingerprint density at radius 1 is 1.32 bits per heavy atom. The summed E-state index contributed by atoms with van der Waals surface area (Å²) in [6.07, 6.45) is 0.417. The van der Waals surface area contributed by atoms with Gasteiger partial charge in [-0.15, -0.1) is 0 Å². The second-order valence-corrected chi connectivity index (χ2v) is 6.71. The van der Waals surface area contributed by atoms with Crippen LogP contribution >= 0.6 is 0 Å². The van der Waals surface area contributed by atoms with Crippen molar-refractivity contribution in [3.05, 3.63) is 35.9 Å². The first-order valence-electron chi connectivity index (χ1n) is 6.09. The van der Waals surface area contributed by atoms with E-state index in [2.05, 4.69) is 17.2 Å². The summed E-state index contributed by atoms with van der Waals surface area (Å²) in [5, 5.41) is 2.66. The van der Waals surface area contributed by atoms with E-state index in [1.807, 2.05) is 30.3 Å². The topological polar surface area (TPSA) is 63.2 Å². The Balaban J connectivity index is 1.81. The van der Waals surface area contributed by atoms with E-state index in [4.69, 9.17) is 0 Å². The summed E-state index contributed by atoms with van der Waals surface area (Å²) in [5.41, 5.74) is 0.889. The molecule has 1 N–H and O–H groups in total. The monoisotopic (exact) mass is 277 g/mol. The van der Waals surface area contributed by atoms with Crippen LogP contribution in [0.4, 0.5) is 0 Å². The van der Waals surface area contributed by atoms with Crippen LogP contribution in [0, 0.1) is 17.8 Å². The van der Waals surface area contributed by atoms with E-state index in [1.165, 1.54) is 0 Å². The molecule has 0 aliphatic carbocycles. The highest BCUT2D eigenvalue weighted by Crippen LogP contribution is 2.18. The molecule has 1 unspecified atom stereocenters. The number of carbonyl (C=O) groups excluding carboxylic acids is 1. The van der Waals surface area contributed by atoms with Gasteiger partial charge in [-0.1, -0.05) is 30.0 Å². The molecule has 0 aromatic heterocycles. The number of sulfone groups is 1. The van der Waals surface area contributed by atoms with Crippen molar-refractivity contribution in [1.29, 1.82) is 0 Å². The molecule has 1 saturated heterocycles. The van der Waals surface area contributed by atoms with Gasteiger partial charge >= 0.3 is 0 Å². The Morgan fingerprint density at radius 2 is 2.05 bits per heavy atom. The van der Waals surface area contributed by atoms with Crippen molar-refractivity contribution in [3.63, 3.8) is 0 Å². The molecule has 5 heteroatoms. The fourth-order valence-corrected chi connectivity index (χ4v) is 3.69. The van der Waals surface area contributed by atoms with Crippen LogP contribution in [0.3, 0.4) is 0 Å². The second-order valence-electron chi connectivity index (χ2n) is 4.49. The predicted octanol–water partition coefficient (Wildman–Crippen LogP) is 0.589. The van der Waals surface area contributed by atoms with E-state index in [-0.39, 0.29) is 24.0 Å². The van der Waals surface area contributed by atoms with Crippen LogP contribution in [-0.2, 0) is 14.6 Å². The molecule has 1 heterocycles. The molecule has 0 spiro atoms. The molecule has 1 aliphatic rings. The lowest BCUT2D eigenvalue weighted by Crippen LogP contribution is -2.31. The zero-order valence-corrected chi connectivity index (χ0v) is 11.2. The van der Waals surface area contributed by atoms with Crippen molar-refractivity contribution < 1.29 is 13.2 Å². The highest BCUT2D eigenvalue weighted by atomic mass is 32.2. The molecule has 1 aromatic carbocycles. The third-order valence-electron chi connectivity index (χ3n) is 2.96. The summed E-state index contributed by atoms with van der Waals surface area (Å²) >= 11 is 0. The van der Waals surface area contributed by atoms with Gasteiger partial charge in [0.05, 0.1) is 24.0 Å². The third-order valence-corrected chi connectivity index (χ3v) is 4.73. The van der Waals surface area contributed by atoms with Gasteiger partial charge in [-0.2, -0.15) is 0 Å². The average molecular weight is 277 g/mol. The van der Waals surface area contributed by atoms with Gasteiger partial charge in [-0.05, 0) is 18.6 Å². The lowest BCUT2D eigenvalue weighted by atomic mass is 10.1. The van der Waals surface area contributed by atoms with Gasteiger partial charge < -0.3 is 5.32 Å². The number of nitrogens with one attached hydrogen (secondary N) is 1. The van der Waals surface area contributed by atoms with E-state index >= 15 is 0 Å². The maximum absolute atomic E-state index is 11.7.